The Hall–Kier alpha value is -2.88. The van der Waals surface area contributed by atoms with Crippen molar-refractivity contribution in [3.63, 3.8) is 0 Å². The number of hydrogen-bond donors (Lipinski definition) is 1. The quantitative estimate of drug-likeness (QED) is 0.784. The predicted octanol–water partition coefficient (Wildman–Crippen LogP) is 2.81. The van der Waals surface area contributed by atoms with Crippen molar-refractivity contribution in [2.45, 2.75) is 0 Å². The summed E-state index contributed by atoms with van der Waals surface area (Å²) >= 11 is 0. The van der Waals surface area contributed by atoms with E-state index >= 15 is 0 Å². The largest absolute Gasteiger partial charge is 0.507 e. The average molecular weight is 278 g/mol. The summed E-state index contributed by atoms with van der Waals surface area (Å²) in [7, 11) is 1.69. The molecular weight excluding hydrogens is 264 g/mol. The molecule has 1 aromatic heterocycles. The maximum Gasteiger partial charge on any atom is 0.261 e. The van der Waals surface area contributed by atoms with Gasteiger partial charge in [-0.05, 0) is 30.4 Å². The summed E-state index contributed by atoms with van der Waals surface area (Å²) in [6.45, 7) is 0. The molecule has 0 saturated heterocycles. The van der Waals surface area contributed by atoms with Crippen molar-refractivity contribution in [2.24, 2.45) is 7.05 Å². The molecule has 1 heterocycles. The molecule has 0 aliphatic rings. The lowest BCUT2D eigenvalue weighted by atomic mass is 10.2. The number of hydrogen-bond acceptors (Lipinski definition) is 3. The second-order valence-corrected chi connectivity index (χ2v) is 4.74. The third kappa shape index (κ3) is 2.43. The van der Waals surface area contributed by atoms with Gasteiger partial charge in [0.05, 0.1) is 10.9 Å². The Bertz CT molecular complexity index is 895. The Kier molecular flexibility index (Phi) is 3.28. The van der Waals surface area contributed by atoms with E-state index in [4.69, 9.17) is 0 Å². The molecule has 0 spiro atoms. The van der Waals surface area contributed by atoms with Crippen molar-refractivity contribution in [3.8, 4) is 5.75 Å². The van der Waals surface area contributed by atoms with Crippen LogP contribution in [0, 0.1) is 0 Å². The van der Waals surface area contributed by atoms with Crippen LogP contribution in [0.1, 0.15) is 11.4 Å². The molecule has 0 unspecified atom stereocenters. The number of para-hydroxylation sites is 2. The van der Waals surface area contributed by atoms with Gasteiger partial charge >= 0.3 is 0 Å². The first kappa shape index (κ1) is 13.1. The first-order valence-electron chi connectivity index (χ1n) is 6.58. The summed E-state index contributed by atoms with van der Waals surface area (Å²) in [5, 5.41) is 10.3. The Morgan fingerprint density at radius 2 is 1.76 bits per heavy atom. The van der Waals surface area contributed by atoms with Crippen molar-refractivity contribution in [3.05, 3.63) is 70.3 Å². The highest BCUT2D eigenvalue weighted by atomic mass is 16.3. The van der Waals surface area contributed by atoms with Gasteiger partial charge in [0.2, 0.25) is 0 Å². The highest BCUT2D eigenvalue weighted by Gasteiger charge is 2.05. The van der Waals surface area contributed by atoms with E-state index in [2.05, 4.69) is 4.98 Å². The van der Waals surface area contributed by atoms with Crippen LogP contribution in [0.5, 0.6) is 5.75 Å². The molecule has 1 N–H and O–H groups in total. The minimum atomic E-state index is -0.0856. The number of rotatable bonds is 2. The third-order valence-electron chi connectivity index (χ3n) is 3.37. The standard InChI is InChI=1S/C17H14N2O2/c1-19-16(11-10-12-6-2-5-9-15(12)20)18-14-8-4-3-7-13(14)17(19)21/h2-11,20H,1H3/b11-10+. The molecular formula is C17H14N2O2. The van der Waals surface area contributed by atoms with Crippen LogP contribution in [0.2, 0.25) is 0 Å². The lowest BCUT2D eigenvalue weighted by Crippen LogP contribution is -2.20. The zero-order valence-corrected chi connectivity index (χ0v) is 11.5. The fourth-order valence-corrected chi connectivity index (χ4v) is 2.18. The summed E-state index contributed by atoms with van der Waals surface area (Å²) in [5.74, 6) is 0.737. The van der Waals surface area contributed by atoms with Crippen LogP contribution in [0.4, 0.5) is 0 Å². The van der Waals surface area contributed by atoms with Crippen LogP contribution in [-0.4, -0.2) is 14.7 Å². The van der Waals surface area contributed by atoms with Crippen molar-refractivity contribution < 1.29 is 5.11 Å². The van der Waals surface area contributed by atoms with Gasteiger partial charge in [-0.1, -0.05) is 30.3 Å². The summed E-state index contributed by atoms with van der Waals surface area (Å²) in [4.78, 5) is 16.7. The highest BCUT2D eigenvalue weighted by Crippen LogP contribution is 2.18. The van der Waals surface area contributed by atoms with E-state index in [0.29, 0.717) is 22.3 Å². The molecule has 0 aliphatic carbocycles. The maximum atomic E-state index is 12.3. The normalized spacial score (nSPS) is 11.3. The SMILES string of the molecule is Cn1c(/C=C/c2ccccc2O)nc2ccccc2c1=O. The molecule has 3 rings (SSSR count). The van der Waals surface area contributed by atoms with Crippen LogP contribution >= 0.6 is 0 Å². The fraction of sp³-hybridized carbons (Fsp3) is 0.0588. The number of phenolic OH excluding ortho intramolecular Hbond substituents is 1. The van der Waals surface area contributed by atoms with Gasteiger partial charge < -0.3 is 5.11 Å². The zero-order chi connectivity index (χ0) is 14.8. The van der Waals surface area contributed by atoms with Gasteiger partial charge in [-0.2, -0.15) is 0 Å². The number of benzene rings is 2. The predicted molar refractivity (Wildman–Crippen MR) is 84.0 cm³/mol. The van der Waals surface area contributed by atoms with Crippen LogP contribution < -0.4 is 5.56 Å². The zero-order valence-electron chi connectivity index (χ0n) is 11.5. The molecule has 21 heavy (non-hydrogen) atoms. The van der Waals surface area contributed by atoms with E-state index in [1.54, 1.807) is 43.5 Å². The van der Waals surface area contributed by atoms with E-state index in [1.165, 1.54) is 4.57 Å². The smallest absolute Gasteiger partial charge is 0.261 e. The summed E-state index contributed by atoms with van der Waals surface area (Å²) in [5.41, 5.74) is 1.26. The number of aromatic nitrogens is 2. The van der Waals surface area contributed by atoms with E-state index in [-0.39, 0.29) is 11.3 Å². The first-order valence-corrected chi connectivity index (χ1v) is 6.58. The second-order valence-electron chi connectivity index (χ2n) is 4.74. The molecule has 0 fully saturated rings. The number of phenols is 1. The third-order valence-corrected chi connectivity index (χ3v) is 3.37. The number of nitrogens with zero attached hydrogens (tertiary/aromatic N) is 2. The van der Waals surface area contributed by atoms with E-state index in [0.717, 1.165) is 0 Å². The van der Waals surface area contributed by atoms with Gasteiger partial charge in [0.25, 0.3) is 5.56 Å². The van der Waals surface area contributed by atoms with Crippen molar-refractivity contribution >= 4 is 23.1 Å². The van der Waals surface area contributed by atoms with Crippen molar-refractivity contribution in [2.75, 3.05) is 0 Å². The van der Waals surface area contributed by atoms with Gasteiger partial charge in [-0.3, -0.25) is 9.36 Å². The molecule has 0 aliphatic heterocycles. The van der Waals surface area contributed by atoms with E-state index in [1.807, 2.05) is 24.3 Å². The molecule has 0 saturated carbocycles. The minimum absolute atomic E-state index is 0.0856. The first-order chi connectivity index (χ1) is 10.2. The molecule has 2 aromatic carbocycles. The van der Waals surface area contributed by atoms with Crippen LogP contribution in [-0.2, 0) is 7.05 Å². The van der Waals surface area contributed by atoms with E-state index < -0.39 is 0 Å². The average Bonchev–Trinajstić information content (AvgIpc) is 2.51. The number of fused-ring (bicyclic) bond motifs is 1. The Morgan fingerprint density at radius 1 is 1.05 bits per heavy atom. The molecule has 4 nitrogen and oxygen atoms in total. The highest BCUT2D eigenvalue weighted by molar-refractivity contribution is 5.79. The summed E-state index contributed by atoms with van der Waals surface area (Å²) in [6.07, 6.45) is 3.47. The van der Waals surface area contributed by atoms with Gasteiger partial charge in [0.1, 0.15) is 11.6 Å². The van der Waals surface area contributed by atoms with Crippen molar-refractivity contribution in [1.82, 2.24) is 9.55 Å². The van der Waals surface area contributed by atoms with Crippen LogP contribution in [0.15, 0.2) is 53.3 Å². The summed E-state index contributed by atoms with van der Waals surface area (Å²) < 4.78 is 1.50. The van der Waals surface area contributed by atoms with Crippen LogP contribution in [0.25, 0.3) is 23.1 Å². The molecule has 4 heteroatoms. The summed E-state index contributed by atoms with van der Waals surface area (Å²) in [6, 6.07) is 14.3. The lowest BCUT2D eigenvalue weighted by molar-refractivity contribution is 0.474. The van der Waals surface area contributed by atoms with Gasteiger partial charge in [0, 0.05) is 12.6 Å². The Balaban J connectivity index is 2.11. The monoisotopic (exact) mass is 278 g/mol. The molecule has 104 valence electrons. The van der Waals surface area contributed by atoms with Gasteiger partial charge in [-0.15, -0.1) is 0 Å². The topological polar surface area (TPSA) is 55.1 Å². The maximum absolute atomic E-state index is 12.3. The molecule has 3 aromatic rings. The van der Waals surface area contributed by atoms with Gasteiger partial charge in [0.15, 0.2) is 0 Å². The van der Waals surface area contributed by atoms with Gasteiger partial charge in [-0.25, -0.2) is 4.98 Å². The second kappa shape index (κ2) is 5.25. The minimum Gasteiger partial charge on any atom is -0.507 e. The van der Waals surface area contributed by atoms with Crippen LogP contribution in [0.3, 0.4) is 0 Å². The Morgan fingerprint density at radius 3 is 2.57 bits per heavy atom. The fourth-order valence-electron chi connectivity index (χ4n) is 2.18. The van der Waals surface area contributed by atoms with Crippen molar-refractivity contribution in [1.29, 1.82) is 0 Å². The molecule has 0 radical (unpaired) electrons. The molecule has 0 bridgehead atoms. The molecule has 0 amide bonds. The van der Waals surface area contributed by atoms with E-state index in [9.17, 15) is 9.90 Å². The number of aromatic hydroxyl groups is 1. The Labute approximate surface area is 121 Å². The molecule has 0 atom stereocenters. The lowest BCUT2D eigenvalue weighted by Gasteiger charge is -2.05.